The lowest BCUT2D eigenvalue weighted by molar-refractivity contribution is -0.122. The molecule has 1 heterocycles. The summed E-state index contributed by atoms with van der Waals surface area (Å²) in [4.78, 5) is 15.4. The van der Waals surface area contributed by atoms with Crippen molar-refractivity contribution in [1.29, 1.82) is 0 Å². The molecule has 0 saturated carbocycles. The van der Waals surface area contributed by atoms with Gasteiger partial charge in [0.1, 0.15) is 0 Å². The Morgan fingerprint density at radius 3 is 2.34 bits per heavy atom. The number of carbonyl (C=O) groups is 1. The summed E-state index contributed by atoms with van der Waals surface area (Å²) in [7, 11) is -2.17. The van der Waals surface area contributed by atoms with E-state index < -0.39 is 15.9 Å². The van der Waals surface area contributed by atoms with Crippen LogP contribution in [-0.2, 0) is 14.8 Å². The quantitative estimate of drug-likeness (QED) is 0.695. The Kier molecular flexibility index (Phi) is 7.05. The summed E-state index contributed by atoms with van der Waals surface area (Å²) in [6.45, 7) is 4.40. The normalized spacial score (nSPS) is 17.0. The van der Waals surface area contributed by atoms with E-state index in [9.17, 15) is 13.2 Å². The summed E-state index contributed by atoms with van der Waals surface area (Å²) in [6.07, 6.45) is 2.36. The summed E-state index contributed by atoms with van der Waals surface area (Å²) in [6, 6.07) is 16.9. The van der Waals surface area contributed by atoms with E-state index in [4.69, 9.17) is 0 Å². The predicted octanol–water partition coefficient (Wildman–Crippen LogP) is 2.65. The first-order chi connectivity index (χ1) is 13.9. The second kappa shape index (κ2) is 9.52. The van der Waals surface area contributed by atoms with E-state index in [1.807, 2.05) is 18.2 Å². The van der Waals surface area contributed by atoms with Crippen molar-refractivity contribution in [1.82, 2.24) is 14.9 Å². The molecule has 0 bridgehead atoms. The van der Waals surface area contributed by atoms with Gasteiger partial charge >= 0.3 is 0 Å². The zero-order valence-corrected chi connectivity index (χ0v) is 17.8. The first kappa shape index (κ1) is 21.5. The van der Waals surface area contributed by atoms with Gasteiger partial charge in [0.2, 0.25) is 15.9 Å². The molecule has 2 atom stereocenters. The van der Waals surface area contributed by atoms with Crippen LogP contribution < -0.4 is 10.0 Å². The first-order valence-corrected chi connectivity index (χ1v) is 11.5. The minimum atomic E-state index is -3.54. The van der Waals surface area contributed by atoms with Gasteiger partial charge in [0, 0.05) is 6.54 Å². The van der Waals surface area contributed by atoms with Crippen LogP contribution in [0.15, 0.2) is 59.5 Å². The summed E-state index contributed by atoms with van der Waals surface area (Å²) in [5, 5.41) is 3.08. The number of amides is 1. The third-order valence-corrected chi connectivity index (χ3v) is 6.98. The number of sulfonamides is 1. The van der Waals surface area contributed by atoms with Crippen molar-refractivity contribution < 1.29 is 13.2 Å². The molecular formula is C22H29N3O3S. The van der Waals surface area contributed by atoms with Crippen molar-refractivity contribution in [3.8, 4) is 0 Å². The van der Waals surface area contributed by atoms with Crippen LogP contribution in [0.25, 0.3) is 0 Å². The van der Waals surface area contributed by atoms with E-state index >= 15 is 0 Å². The second-order valence-electron chi connectivity index (χ2n) is 7.42. The largest absolute Gasteiger partial charge is 0.354 e. The minimum absolute atomic E-state index is 0.107. The van der Waals surface area contributed by atoms with Crippen LogP contribution in [0.1, 0.15) is 42.9 Å². The van der Waals surface area contributed by atoms with E-state index in [0.29, 0.717) is 12.1 Å². The molecule has 1 amide bonds. The fourth-order valence-electron chi connectivity index (χ4n) is 3.76. The molecule has 0 aromatic heterocycles. The minimum Gasteiger partial charge on any atom is -0.354 e. The lowest BCUT2D eigenvalue weighted by Gasteiger charge is -2.28. The lowest BCUT2D eigenvalue weighted by atomic mass is 10.00. The highest BCUT2D eigenvalue weighted by Gasteiger charge is 2.25. The van der Waals surface area contributed by atoms with E-state index in [-0.39, 0.29) is 16.8 Å². The number of benzene rings is 2. The molecule has 156 valence electrons. The Hall–Kier alpha value is -2.22. The molecule has 1 aliphatic heterocycles. The van der Waals surface area contributed by atoms with Gasteiger partial charge in [0.15, 0.2) is 0 Å². The van der Waals surface area contributed by atoms with Crippen LogP contribution in [0.3, 0.4) is 0 Å². The highest BCUT2D eigenvalue weighted by molar-refractivity contribution is 7.89. The molecule has 1 fully saturated rings. The molecule has 0 spiro atoms. The van der Waals surface area contributed by atoms with Crippen molar-refractivity contribution in [3.05, 3.63) is 65.7 Å². The zero-order chi connectivity index (χ0) is 20.9. The zero-order valence-electron chi connectivity index (χ0n) is 17.0. The maximum Gasteiger partial charge on any atom is 0.240 e. The topological polar surface area (TPSA) is 78.5 Å². The molecular weight excluding hydrogens is 386 g/mol. The fourth-order valence-corrected chi connectivity index (χ4v) is 4.54. The van der Waals surface area contributed by atoms with Gasteiger partial charge in [-0.25, -0.2) is 13.1 Å². The number of hydrogen-bond acceptors (Lipinski definition) is 4. The predicted molar refractivity (Wildman–Crippen MR) is 114 cm³/mol. The average Bonchev–Trinajstić information content (AvgIpc) is 3.28. The smallest absolute Gasteiger partial charge is 0.240 e. The molecule has 2 aromatic carbocycles. The Morgan fingerprint density at radius 1 is 1.03 bits per heavy atom. The molecule has 1 aliphatic rings. The molecule has 2 N–H and O–H groups in total. The monoisotopic (exact) mass is 415 g/mol. The standard InChI is InChI=1S/C22H29N3O3S/c1-17(19-11-8-12-20(15-19)29(27,28)23-2)22(26)24-16-21(25-13-6-7-14-25)18-9-4-3-5-10-18/h3-5,8-12,15,17,21,23H,6-7,13-14,16H2,1-2H3,(H,24,26). The van der Waals surface area contributed by atoms with Crippen molar-refractivity contribution in [2.24, 2.45) is 0 Å². The Labute approximate surface area is 173 Å². The SMILES string of the molecule is CNS(=O)(=O)c1cccc(C(C)C(=O)NCC(c2ccccc2)N2CCCC2)c1. The highest BCUT2D eigenvalue weighted by Crippen LogP contribution is 2.25. The summed E-state index contributed by atoms with van der Waals surface area (Å²) >= 11 is 0. The van der Waals surface area contributed by atoms with Crippen LogP contribution in [0.2, 0.25) is 0 Å². The van der Waals surface area contributed by atoms with Crippen LogP contribution in [0.4, 0.5) is 0 Å². The maximum absolute atomic E-state index is 12.8. The molecule has 3 rings (SSSR count). The van der Waals surface area contributed by atoms with Gasteiger partial charge in [-0.1, -0.05) is 42.5 Å². The molecule has 7 heteroatoms. The number of carbonyl (C=O) groups excluding carboxylic acids is 1. The summed E-state index contributed by atoms with van der Waals surface area (Å²) in [5.41, 5.74) is 1.88. The van der Waals surface area contributed by atoms with Crippen LogP contribution in [-0.4, -0.2) is 45.9 Å². The number of nitrogens with zero attached hydrogens (tertiary/aromatic N) is 1. The van der Waals surface area contributed by atoms with Crippen LogP contribution in [0.5, 0.6) is 0 Å². The third kappa shape index (κ3) is 5.23. The maximum atomic E-state index is 12.8. The molecule has 2 unspecified atom stereocenters. The number of hydrogen-bond donors (Lipinski definition) is 2. The average molecular weight is 416 g/mol. The van der Waals surface area contributed by atoms with Crippen molar-refractivity contribution >= 4 is 15.9 Å². The lowest BCUT2D eigenvalue weighted by Crippen LogP contribution is -2.38. The van der Waals surface area contributed by atoms with Gasteiger partial charge in [-0.15, -0.1) is 0 Å². The van der Waals surface area contributed by atoms with Crippen molar-refractivity contribution in [2.45, 2.75) is 36.6 Å². The Morgan fingerprint density at radius 2 is 1.69 bits per heavy atom. The highest BCUT2D eigenvalue weighted by atomic mass is 32.2. The Bertz CT molecular complexity index is 925. The van der Waals surface area contributed by atoms with Crippen LogP contribution >= 0.6 is 0 Å². The number of nitrogens with one attached hydrogen (secondary N) is 2. The third-order valence-electron chi connectivity index (χ3n) is 5.57. The van der Waals surface area contributed by atoms with E-state index in [0.717, 1.165) is 13.1 Å². The fraction of sp³-hybridized carbons (Fsp3) is 0.409. The Balaban J connectivity index is 1.71. The van der Waals surface area contributed by atoms with Gasteiger partial charge in [-0.3, -0.25) is 9.69 Å². The van der Waals surface area contributed by atoms with Gasteiger partial charge in [-0.05, 0) is 63.2 Å². The molecule has 29 heavy (non-hydrogen) atoms. The first-order valence-electron chi connectivity index (χ1n) is 10.0. The van der Waals surface area contributed by atoms with Gasteiger partial charge < -0.3 is 5.32 Å². The molecule has 2 aromatic rings. The second-order valence-corrected chi connectivity index (χ2v) is 9.30. The van der Waals surface area contributed by atoms with Gasteiger partial charge in [0.25, 0.3) is 0 Å². The van der Waals surface area contributed by atoms with Gasteiger partial charge in [-0.2, -0.15) is 0 Å². The van der Waals surface area contributed by atoms with E-state index in [1.54, 1.807) is 25.1 Å². The molecule has 0 aliphatic carbocycles. The summed E-state index contributed by atoms with van der Waals surface area (Å²) in [5.74, 6) is -0.554. The van der Waals surface area contributed by atoms with Crippen LogP contribution in [0, 0.1) is 0 Å². The molecule has 1 saturated heterocycles. The van der Waals surface area contributed by atoms with E-state index in [1.165, 1.54) is 31.5 Å². The van der Waals surface area contributed by atoms with Crippen molar-refractivity contribution in [2.75, 3.05) is 26.7 Å². The van der Waals surface area contributed by atoms with E-state index in [2.05, 4.69) is 27.1 Å². The summed E-state index contributed by atoms with van der Waals surface area (Å²) < 4.78 is 26.4. The van der Waals surface area contributed by atoms with Gasteiger partial charge in [0.05, 0.1) is 16.9 Å². The van der Waals surface area contributed by atoms with Crippen molar-refractivity contribution in [3.63, 3.8) is 0 Å². The molecule has 6 nitrogen and oxygen atoms in total. The number of rotatable bonds is 8. The number of likely N-dealkylation sites (tertiary alicyclic amines) is 1. The molecule has 0 radical (unpaired) electrons.